The molecule has 0 atom stereocenters. The number of halogens is 2. The van der Waals surface area contributed by atoms with Crippen LogP contribution in [0.3, 0.4) is 0 Å². The summed E-state index contributed by atoms with van der Waals surface area (Å²) in [5.41, 5.74) is 2.43. The van der Waals surface area contributed by atoms with Gasteiger partial charge in [-0.3, -0.25) is 4.79 Å². The molecule has 0 unspecified atom stereocenters. The summed E-state index contributed by atoms with van der Waals surface area (Å²) in [5.74, 6) is 0.261. The van der Waals surface area contributed by atoms with Gasteiger partial charge in [0.05, 0.1) is 11.2 Å². The predicted octanol–water partition coefficient (Wildman–Crippen LogP) is 4.61. The number of carbonyl (C=O) groups is 1. The number of carbonyl (C=O) groups excluding carboxylic acids is 1. The second-order valence-corrected chi connectivity index (χ2v) is 7.14. The Balaban J connectivity index is 0.00000196. The van der Waals surface area contributed by atoms with Gasteiger partial charge in [0.2, 0.25) is 0 Å². The number of benzene rings is 2. The zero-order valence-electron chi connectivity index (χ0n) is 14.6. The highest BCUT2D eigenvalue weighted by atomic mass is 35.5. The van der Waals surface area contributed by atoms with Crippen molar-refractivity contribution in [1.82, 2.24) is 14.7 Å². The van der Waals surface area contributed by atoms with E-state index in [9.17, 15) is 4.79 Å². The molecule has 0 spiro atoms. The molecule has 0 bridgehead atoms. The fraction of sp³-hybridized carbons (Fsp3) is 0.300. The van der Waals surface area contributed by atoms with E-state index in [1.54, 1.807) is 0 Å². The highest BCUT2D eigenvalue weighted by molar-refractivity contribution is 6.31. The van der Waals surface area contributed by atoms with Crippen LogP contribution in [0.4, 0.5) is 0 Å². The average Bonchev–Trinajstić information content (AvgIpc) is 3.01. The summed E-state index contributed by atoms with van der Waals surface area (Å²) in [6.45, 7) is 2.11. The normalized spacial score (nSPS) is 15.8. The lowest BCUT2D eigenvalue weighted by atomic mass is 9.92. The third-order valence-electron chi connectivity index (χ3n) is 4.99. The van der Waals surface area contributed by atoms with E-state index in [4.69, 9.17) is 16.7 Å². The molecule has 0 aliphatic carbocycles. The smallest absolute Gasteiger partial charge is 0.278 e. The Labute approximate surface area is 164 Å². The number of nitrogens with zero attached hydrogens (tertiary/aromatic N) is 3. The first kappa shape index (κ1) is 18.9. The largest absolute Gasteiger partial charge is 0.306 e. The van der Waals surface area contributed by atoms with Crippen molar-refractivity contribution in [2.75, 3.05) is 20.1 Å². The molecule has 6 heteroatoms. The molecule has 1 saturated heterocycles. The summed E-state index contributed by atoms with van der Waals surface area (Å²) in [4.78, 5) is 15.3. The molecular formula is C20H21Cl2N3O. The minimum Gasteiger partial charge on any atom is -0.306 e. The maximum Gasteiger partial charge on any atom is 0.278 e. The highest BCUT2D eigenvalue weighted by Gasteiger charge is 2.25. The number of hydrogen-bond donors (Lipinski definition) is 0. The van der Waals surface area contributed by atoms with Crippen molar-refractivity contribution in [1.29, 1.82) is 0 Å². The molecule has 0 saturated carbocycles. The first-order valence-electron chi connectivity index (χ1n) is 8.60. The minimum absolute atomic E-state index is 0. The Hall–Kier alpha value is -1.88. The van der Waals surface area contributed by atoms with Crippen LogP contribution in [0.5, 0.6) is 0 Å². The molecule has 2 heterocycles. The van der Waals surface area contributed by atoms with E-state index in [0.717, 1.165) is 42.5 Å². The summed E-state index contributed by atoms with van der Waals surface area (Å²) in [5, 5.41) is 6.39. The van der Waals surface area contributed by atoms with Crippen molar-refractivity contribution in [2.45, 2.75) is 18.8 Å². The lowest BCUT2D eigenvalue weighted by molar-refractivity contribution is 0.0949. The van der Waals surface area contributed by atoms with Gasteiger partial charge in [0.15, 0.2) is 0 Å². The first-order chi connectivity index (χ1) is 12.1. The molecule has 1 fully saturated rings. The van der Waals surface area contributed by atoms with Crippen molar-refractivity contribution in [2.24, 2.45) is 0 Å². The molecule has 0 N–H and O–H groups in total. The summed E-state index contributed by atoms with van der Waals surface area (Å²) in [7, 11) is 2.14. The van der Waals surface area contributed by atoms with Crippen LogP contribution in [0.25, 0.3) is 10.9 Å². The van der Waals surface area contributed by atoms with E-state index in [1.165, 1.54) is 4.68 Å². The fourth-order valence-electron chi connectivity index (χ4n) is 3.55. The summed E-state index contributed by atoms with van der Waals surface area (Å²) in [6.07, 6.45) is 2.12. The minimum atomic E-state index is -0.118. The van der Waals surface area contributed by atoms with Crippen LogP contribution in [-0.2, 0) is 0 Å². The van der Waals surface area contributed by atoms with Gasteiger partial charge < -0.3 is 4.90 Å². The van der Waals surface area contributed by atoms with Gasteiger partial charge in [-0.25, -0.2) is 0 Å². The second kappa shape index (κ2) is 7.78. The molecule has 26 heavy (non-hydrogen) atoms. The maximum absolute atomic E-state index is 13.0. The Morgan fingerprint density at radius 1 is 1.12 bits per heavy atom. The van der Waals surface area contributed by atoms with E-state index < -0.39 is 0 Å². The van der Waals surface area contributed by atoms with Crippen LogP contribution >= 0.6 is 24.0 Å². The van der Waals surface area contributed by atoms with Gasteiger partial charge in [-0.05, 0) is 63.3 Å². The first-order valence-corrected chi connectivity index (χ1v) is 8.98. The van der Waals surface area contributed by atoms with E-state index in [2.05, 4.69) is 11.9 Å². The highest BCUT2D eigenvalue weighted by Crippen LogP contribution is 2.33. The van der Waals surface area contributed by atoms with Crippen LogP contribution in [0.1, 0.15) is 34.8 Å². The Bertz CT molecular complexity index is 915. The summed E-state index contributed by atoms with van der Waals surface area (Å²) in [6, 6.07) is 15.0. The van der Waals surface area contributed by atoms with Gasteiger partial charge in [-0.1, -0.05) is 29.8 Å². The molecule has 4 nitrogen and oxygen atoms in total. The van der Waals surface area contributed by atoms with Gasteiger partial charge >= 0.3 is 0 Å². The van der Waals surface area contributed by atoms with Crippen LogP contribution in [0.15, 0.2) is 48.5 Å². The molecular weight excluding hydrogens is 369 g/mol. The molecule has 2 aromatic carbocycles. The van der Waals surface area contributed by atoms with Crippen molar-refractivity contribution >= 4 is 40.8 Å². The summed E-state index contributed by atoms with van der Waals surface area (Å²) >= 11 is 6.20. The number of likely N-dealkylation sites (tertiary alicyclic amines) is 1. The third-order valence-corrected chi connectivity index (χ3v) is 5.23. The number of hydrogen-bond acceptors (Lipinski definition) is 3. The van der Waals surface area contributed by atoms with Crippen LogP contribution in [-0.4, -0.2) is 40.7 Å². The van der Waals surface area contributed by atoms with E-state index in [0.29, 0.717) is 16.5 Å². The lowest BCUT2D eigenvalue weighted by Gasteiger charge is -2.28. The fourth-order valence-corrected chi connectivity index (χ4v) is 3.72. The zero-order valence-corrected chi connectivity index (χ0v) is 16.1. The van der Waals surface area contributed by atoms with E-state index in [-0.39, 0.29) is 18.3 Å². The quantitative estimate of drug-likeness (QED) is 0.642. The monoisotopic (exact) mass is 389 g/mol. The van der Waals surface area contributed by atoms with Crippen molar-refractivity contribution < 1.29 is 4.79 Å². The van der Waals surface area contributed by atoms with E-state index in [1.807, 2.05) is 48.5 Å². The number of rotatable bonds is 2. The van der Waals surface area contributed by atoms with Gasteiger partial charge in [0.1, 0.15) is 0 Å². The second-order valence-electron chi connectivity index (χ2n) is 6.71. The maximum atomic E-state index is 13.0. The molecule has 1 aliphatic heterocycles. The van der Waals surface area contributed by atoms with Gasteiger partial charge in [0, 0.05) is 21.9 Å². The molecule has 0 radical (unpaired) electrons. The molecule has 3 aromatic rings. The molecule has 1 aromatic heterocycles. The topological polar surface area (TPSA) is 38.1 Å². The molecule has 1 aliphatic rings. The Morgan fingerprint density at radius 2 is 1.81 bits per heavy atom. The molecule has 136 valence electrons. The molecule has 0 amide bonds. The zero-order chi connectivity index (χ0) is 17.4. The lowest BCUT2D eigenvalue weighted by Crippen LogP contribution is -2.29. The average molecular weight is 390 g/mol. The van der Waals surface area contributed by atoms with Crippen molar-refractivity contribution in [3.63, 3.8) is 0 Å². The number of aromatic nitrogens is 2. The molecule has 4 rings (SSSR count). The van der Waals surface area contributed by atoms with Crippen molar-refractivity contribution in [3.05, 3.63) is 64.8 Å². The van der Waals surface area contributed by atoms with Crippen LogP contribution in [0, 0.1) is 0 Å². The predicted molar refractivity (Wildman–Crippen MR) is 108 cm³/mol. The summed E-state index contributed by atoms with van der Waals surface area (Å²) < 4.78 is 1.52. The third kappa shape index (κ3) is 3.50. The standard InChI is InChI=1S/C20H20ClN3O.ClH/c1-23-11-9-14(10-12-23)19-17-8-7-16(21)13-18(17)24(22-19)20(25)15-5-3-2-4-6-15;/h2-8,13-14H,9-12H2,1H3;1H. The van der Waals surface area contributed by atoms with Gasteiger partial charge in [-0.2, -0.15) is 9.78 Å². The Morgan fingerprint density at radius 3 is 2.50 bits per heavy atom. The number of piperidine rings is 1. The Kier molecular flexibility index (Phi) is 5.66. The van der Waals surface area contributed by atoms with Crippen molar-refractivity contribution in [3.8, 4) is 0 Å². The van der Waals surface area contributed by atoms with Crippen LogP contribution < -0.4 is 0 Å². The SMILES string of the molecule is CN1CCC(c2nn(C(=O)c3ccccc3)c3cc(Cl)ccc23)CC1.Cl. The van der Waals surface area contributed by atoms with Gasteiger partial charge in [0.25, 0.3) is 5.91 Å². The van der Waals surface area contributed by atoms with Crippen LogP contribution in [0.2, 0.25) is 5.02 Å². The van der Waals surface area contributed by atoms with Gasteiger partial charge in [-0.15, -0.1) is 12.4 Å². The van der Waals surface area contributed by atoms with E-state index >= 15 is 0 Å². The number of fused-ring (bicyclic) bond motifs is 1.